The normalized spacial score (nSPS) is 12.2. The van der Waals surface area contributed by atoms with Crippen molar-refractivity contribution in [3.8, 4) is 5.75 Å². The first-order valence-corrected chi connectivity index (χ1v) is 4.46. The molecule has 2 nitrogen and oxygen atoms in total. The molecule has 0 heterocycles. The summed E-state index contributed by atoms with van der Waals surface area (Å²) in [7, 11) is 1.49. The molecule has 0 N–H and O–H groups in total. The number of methoxy groups -OCH3 is 1. The van der Waals surface area contributed by atoms with Crippen molar-refractivity contribution in [2.75, 3.05) is 7.11 Å². The van der Waals surface area contributed by atoms with E-state index in [4.69, 9.17) is 4.74 Å². The van der Waals surface area contributed by atoms with E-state index in [-0.39, 0.29) is 11.7 Å². The lowest BCUT2D eigenvalue weighted by molar-refractivity contribution is -0.108. The third kappa shape index (κ3) is 2.31. The Morgan fingerprint density at radius 3 is 2.79 bits per heavy atom. The summed E-state index contributed by atoms with van der Waals surface area (Å²) < 4.78 is 18.3. The second-order valence-electron chi connectivity index (χ2n) is 3.19. The van der Waals surface area contributed by atoms with E-state index in [0.717, 1.165) is 6.29 Å². The zero-order valence-corrected chi connectivity index (χ0v) is 8.29. The molecule has 0 bridgehead atoms. The van der Waals surface area contributed by atoms with Crippen LogP contribution in [0.3, 0.4) is 0 Å². The third-order valence-corrected chi connectivity index (χ3v) is 2.19. The summed E-state index contributed by atoms with van der Waals surface area (Å²) in [5.41, 5.74) is 0.554. The molecule has 1 unspecified atom stereocenters. The molecule has 0 saturated carbocycles. The highest BCUT2D eigenvalue weighted by atomic mass is 19.1. The Morgan fingerprint density at radius 2 is 2.29 bits per heavy atom. The van der Waals surface area contributed by atoms with Crippen LogP contribution in [0.4, 0.5) is 4.39 Å². The van der Waals surface area contributed by atoms with E-state index in [1.807, 2.05) is 6.92 Å². The fourth-order valence-corrected chi connectivity index (χ4v) is 1.31. The Labute approximate surface area is 82.7 Å². The highest BCUT2D eigenvalue weighted by Gasteiger charge is 2.10. The van der Waals surface area contributed by atoms with E-state index in [1.54, 1.807) is 12.1 Å². The molecule has 76 valence electrons. The van der Waals surface area contributed by atoms with E-state index in [0.29, 0.717) is 17.7 Å². The Kier molecular flexibility index (Phi) is 3.63. The minimum Gasteiger partial charge on any atom is -0.497 e. The minimum absolute atomic E-state index is 0.0848. The molecule has 0 aliphatic carbocycles. The van der Waals surface area contributed by atoms with Gasteiger partial charge in [0.05, 0.1) is 7.11 Å². The minimum atomic E-state index is -0.321. The van der Waals surface area contributed by atoms with Crippen molar-refractivity contribution in [3.63, 3.8) is 0 Å². The molecule has 1 rings (SSSR count). The number of rotatable bonds is 4. The summed E-state index contributed by atoms with van der Waals surface area (Å²) >= 11 is 0. The van der Waals surface area contributed by atoms with Crippen molar-refractivity contribution in [3.05, 3.63) is 29.6 Å². The van der Waals surface area contributed by atoms with Gasteiger partial charge in [-0.2, -0.15) is 0 Å². The van der Waals surface area contributed by atoms with Gasteiger partial charge in [-0.05, 0) is 17.5 Å². The first kappa shape index (κ1) is 10.7. The number of hydrogen-bond donors (Lipinski definition) is 0. The molecule has 0 radical (unpaired) electrons. The van der Waals surface area contributed by atoms with Crippen molar-refractivity contribution in [1.82, 2.24) is 0 Å². The van der Waals surface area contributed by atoms with Crippen LogP contribution in [0.5, 0.6) is 5.75 Å². The average Bonchev–Trinajstić information content (AvgIpc) is 2.17. The predicted molar refractivity (Wildman–Crippen MR) is 52.0 cm³/mol. The quantitative estimate of drug-likeness (QED) is 0.692. The second-order valence-corrected chi connectivity index (χ2v) is 3.19. The Balaban J connectivity index is 2.93. The molecule has 3 heteroatoms. The molecular weight excluding hydrogens is 183 g/mol. The summed E-state index contributed by atoms with van der Waals surface area (Å²) in [6, 6.07) is 4.68. The van der Waals surface area contributed by atoms with Gasteiger partial charge in [0.15, 0.2) is 0 Å². The number of carbonyl (C=O) groups excluding carboxylic acids is 1. The van der Waals surface area contributed by atoms with Crippen LogP contribution in [0.1, 0.15) is 24.8 Å². The van der Waals surface area contributed by atoms with E-state index >= 15 is 0 Å². The molecule has 1 aromatic carbocycles. The topological polar surface area (TPSA) is 26.3 Å². The second kappa shape index (κ2) is 4.74. The molecule has 1 aromatic rings. The fraction of sp³-hybridized carbons (Fsp3) is 0.364. The Bertz CT molecular complexity index is 323. The average molecular weight is 196 g/mol. The molecule has 1 atom stereocenters. The van der Waals surface area contributed by atoms with Crippen LogP contribution in [0.15, 0.2) is 18.2 Å². The van der Waals surface area contributed by atoms with Gasteiger partial charge >= 0.3 is 0 Å². The van der Waals surface area contributed by atoms with Gasteiger partial charge in [0, 0.05) is 12.5 Å². The number of aldehydes is 1. The molecule has 0 amide bonds. The van der Waals surface area contributed by atoms with E-state index in [2.05, 4.69) is 0 Å². The van der Waals surface area contributed by atoms with Crippen LogP contribution in [-0.4, -0.2) is 13.4 Å². The monoisotopic (exact) mass is 196 g/mol. The highest BCUT2D eigenvalue weighted by Crippen LogP contribution is 2.24. The van der Waals surface area contributed by atoms with Gasteiger partial charge in [-0.3, -0.25) is 0 Å². The van der Waals surface area contributed by atoms with Gasteiger partial charge in [0.2, 0.25) is 0 Å². The molecule has 0 spiro atoms. The molecule has 0 aliphatic heterocycles. The van der Waals surface area contributed by atoms with Gasteiger partial charge in [-0.1, -0.05) is 13.0 Å². The molecular formula is C11H13FO2. The summed E-state index contributed by atoms with van der Waals surface area (Å²) in [5.74, 6) is 0.0849. The van der Waals surface area contributed by atoms with Crippen LogP contribution in [0.25, 0.3) is 0 Å². The van der Waals surface area contributed by atoms with Gasteiger partial charge in [-0.15, -0.1) is 0 Å². The van der Waals surface area contributed by atoms with Crippen LogP contribution in [-0.2, 0) is 4.79 Å². The number of halogens is 1. The SMILES string of the molecule is COc1ccc(C(C)CC=O)c(F)c1. The van der Waals surface area contributed by atoms with E-state index in [9.17, 15) is 9.18 Å². The zero-order chi connectivity index (χ0) is 10.6. The summed E-state index contributed by atoms with van der Waals surface area (Å²) in [4.78, 5) is 10.3. The molecule has 0 saturated heterocycles. The fourth-order valence-electron chi connectivity index (χ4n) is 1.31. The van der Waals surface area contributed by atoms with Crippen molar-refractivity contribution < 1.29 is 13.9 Å². The van der Waals surface area contributed by atoms with Crippen molar-refractivity contribution in [2.45, 2.75) is 19.3 Å². The van der Waals surface area contributed by atoms with Crippen LogP contribution in [0.2, 0.25) is 0 Å². The van der Waals surface area contributed by atoms with Gasteiger partial charge < -0.3 is 9.53 Å². The highest BCUT2D eigenvalue weighted by molar-refractivity contribution is 5.51. The molecule has 0 fully saturated rings. The number of benzene rings is 1. The summed E-state index contributed by atoms with van der Waals surface area (Å²) in [6.45, 7) is 1.82. The number of carbonyl (C=O) groups is 1. The maximum absolute atomic E-state index is 13.4. The summed E-state index contributed by atoms with van der Waals surface area (Å²) in [6.07, 6.45) is 1.14. The van der Waals surface area contributed by atoms with Gasteiger partial charge in [-0.25, -0.2) is 4.39 Å². The predicted octanol–water partition coefficient (Wildman–Crippen LogP) is 2.53. The van der Waals surface area contributed by atoms with Crippen LogP contribution < -0.4 is 4.74 Å². The molecule has 14 heavy (non-hydrogen) atoms. The van der Waals surface area contributed by atoms with E-state index in [1.165, 1.54) is 13.2 Å². The Morgan fingerprint density at radius 1 is 1.57 bits per heavy atom. The van der Waals surface area contributed by atoms with Gasteiger partial charge in [0.1, 0.15) is 17.9 Å². The maximum Gasteiger partial charge on any atom is 0.130 e. The lowest BCUT2D eigenvalue weighted by Crippen LogP contribution is -1.98. The molecule has 0 aliphatic rings. The Hall–Kier alpha value is -1.38. The van der Waals surface area contributed by atoms with Crippen LogP contribution in [0, 0.1) is 5.82 Å². The van der Waals surface area contributed by atoms with Crippen molar-refractivity contribution >= 4 is 6.29 Å². The lowest BCUT2D eigenvalue weighted by Gasteiger charge is -2.10. The summed E-state index contributed by atoms with van der Waals surface area (Å²) in [5, 5.41) is 0. The van der Waals surface area contributed by atoms with Crippen LogP contribution >= 0.6 is 0 Å². The number of hydrogen-bond acceptors (Lipinski definition) is 2. The smallest absolute Gasteiger partial charge is 0.130 e. The first-order chi connectivity index (χ1) is 6.69. The van der Waals surface area contributed by atoms with Gasteiger partial charge in [0.25, 0.3) is 0 Å². The lowest BCUT2D eigenvalue weighted by atomic mass is 9.98. The molecule has 0 aromatic heterocycles. The van der Waals surface area contributed by atoms with Crippen molar-refractivity contribution in [2.24, 2.45) is 0 Å². The standard InChI is InChI=1S/C11H13FO2/c1-8(5-6-13)10-4-3-9(14-2)7-11(10)12/h3-4,6-8H,5H2,1-2H3. The number of ether oxygens (including phenoxy) is 1. The van der Waals surface area contributed by atoms with Crippen molar-refractivity contribution in [1.29, 1.82) is 0 Å². The zero-order valence-electron chi connectivity index (χ0n) is 8.29. The van der Waals surface area contributed by atoms with E-state index < -0.39 is 0 Å². The third-order valence-electron chi connectivity index (χ3n) is 2.19. The largest absolute Gasteiger partial charge is 0.497 e. The maximum atomic E-state index is 13.4. The first-order valence-electron chi connectivity index (χ1n) is 4.46.